The number of aryl methyl sites for hydroxylation is 1. The first-order valence-corrected chi connectivity index (χ1v) is 5.94. The van der Waals surface area contributed by atoms with Crippen molar-refractivity contribution in [2.75, 3.05) is 6.54 Å². The normalized spacial score (nSPS) is 12.4. The molecule has 0 bridgehead atoms. The fourth-order valence-electron chi connectivity index (χ4n) is 1.82. The van der Waals surface area contributed by atoms with Crippen molar-refractivity contribution in [2.45, 2.75) is 39.7 Å². The van der Waals surface area contributed by atoms with Crippen molar-refractivity contribution in [3.8, 4) is 0 Å². The Labute approximate surface area is 98.8 Å². The molecule has 16 heavy (non-hydrogen) atoms. The van der Waals surface area contributed by atoms with Crippen LogP contribution in [0.15, 0.2) is 30.5 Å². The molecule has 0 aliphatic heterocycles. The molecule has 88 valence electrons. The molecule has 2 nitrogen and oxygen atoms in total. The standard InChI is InChI=1S/C14H22N2/c1-5-8-16-14(10-11(2)3)13-7-6-9-15-12(13)4/h6-7,9,14,16H,2,5,8,10H2,1,3-4H3. The van der Waals surface area contributed by atoms with Gasteiger partial charge >= 0.3 is 0 Å². The number of hydrogen-bond donors (Lipinski definition) is 1. The van der Waals surface area contributed by atoms with Crippen LogP contribution in [0.4, 0.5) is 0 Å². The van der Waals surface area contributed by atoms with Crippen LogP contribution in [0.3, 0.4) is 0 Å². The summed E-state index contributed by atoms with van der Waals surface area (Å²) in [5.41, 5.74) is 3.60. The average molecular weight is 218 g/mol. The first-order chi connectivity index (χ1) is 7.65. The van der Waals surface area contributed by atoms with E-state index in [4.69, 9.17) is 0 Å². The molecule has 1 rings (SSSR count). The predicted octanol–water partition coefficient (Wildman–Crippen LogP) is 3.40. The molecule has 0 spiro atoms. The van der Waals surface area contributed by atoms with Crippen LogP contribution in [0, 0.1) is 6.92 Å². The van der Waals surface area contributed by atoms with Crippen LogP contribution < -0.4 is 5.32 Å². The SMILES string of the molecule is C=C(C)CC(NCCC)c1cccnc1C. The van der Waals surface area contributed by atoms with Gasteiger partial charge in [0.25, 0.3) is 0 Å². The zero-order valence-electron chi connectivity index (χ0n) is 10.6. The van der Waals surface area contributed by atoms with Crippen LogP contribution in [0.5, 0.6) is 0 Å². The quantitative estimate of drug-likeness (QED) is 0.740. The molecule has 0 amide bonds. The maximum atomic E-state index is 4.35. The molecule has 0 aromatic carbocycles. The van der Waals surface area contributed by atoms with Crippen LogP contribution in [-0.2, 0) is 0 Å². The second kappa shape index (κ2) is 6.44. The van der Waals surface area contributed by atoms with Gasteiger partial charge in [0.15, 0.2) is 0 Å². The first kappa shape index (κ1) is 12.9. The number of rotatable bonds is 6. The van der Waals surface area contributed by atoms with Crippen LogP contribution in [-0.4, -0.2) is 11.5 Å². The summed E-state index contributed by atoms with van der Waals surface area (Å²) in [5.74, 6) is 0. The molecule has 0 aliphatic rings. The Kier molecular flexibility index (Phi) is 5.20. The van der Waals surface area contributed by atoms with Crippen LogP contribution in [0.25, 0.3) is 0 Å². The van der Waals surface area contributed by atoms with Crippen molar-refractivity contribution in [3.05, 3.63) is 41.7 Å². The van der Waals surface area contributed by atoms with E-state index in [0.29, 0.717) is 6.04 Å². The molecule has 1 heterocycles. The monoisotopic (exact) mass is 218 g/mol. The van der Waals surface area contributed by atoms with Gasteiger partial charge in [-0.1, -0.05) is 18.6 Å². The second-order valence-corrected chi connectivity index (χ2v) is 4.35. The Morgan fingerprint density at radius 1 is 1.56 bits per heavy atom. The highest BCUT2D eigenvalue weighted by molar-refractivity contribution is 5.23. The maximum absolute atomic E-state index is 4.35. The van der Waals surface area contributed by atoms with Gasteiger partial charge < -0.3 is 5.32 Å². The zero-order valence-corrected chi connectivity index (χ0v) is 10.6. The van der Waals surface area contributed by atoms with Crippen molar-refractivity contribution in [2.24, 2.45) is 0 Å². The molecular formula is C14H22N2. The second-order valence-electron chi connectivity index (χ2n) is 4.35. The minimum absolute atomic E-state index is 0.353. The molecule has 1 unspecified atom stereocenters. The fourth-order valence-corrected chi connectivity index (χ4v) is 1.82. The lowest BCUT2D eigenvalue weighted by molar-refractivity contribution is 0.524. The first-order valence-electron chi connectivity index (χ1n) is 5.94. The van der Waals surface area contributed by atoms with Gasteiger partial charge in [-0.25, -0.2) is 0 Å². The summed E-state index contributed by atoms with van der Waals surface area (Å²) in [5, 5.41) is 3.56. The summed E-state index contributed by atoms with van der Waals surface area (Å²) < 4.78 is 0. The molecule has 1 aromatic heterocycles. The van der Waals surface area contributed by atoms with E-state index in [9.17, 15) is 0 Å². The van der Waals surface area contributed by atoms with E-state index in [2.05, 4.69) is 43.7 Å². The van der Waals surface area contributed by atoms with Gasteiger partial charge in [0, 0.05) is 17.9 Å². The highest BCUT2D eigenvalue weighted by Crippen LogP contribution is 2.22. The molecule has 1 N–H and O–H groups in total. The minimum atomic E-state index is 0.353. The molecule has 0 radical (unpaired) electrons. The van der Waals surface area contributed by atoms with E-state index in [-0.39, 0.29) is 0 Å². The van der Waals surface area contributed by atoms with Crippen molar-refractivity contribution >= 4 is 0 Å². The van der Waals surface area contributed by atoms with E-state index in [0.717, 1.165) is 25.1 Å². The Balaban J connectivity index is 2.82. The van der Waals surface area contributed by atoms with Gasteiger partial charge in [0.05, 0.1) is 0 Å². The predicted molar refractivity (Wildman–Crippen MR) is 69.4 cm³/mol. The summed E-state index contributed by atoms with van der Waals surface area (Å²) in [6.45, 7) is 11.4. The Morgan fingerprint density at radius 2 is 2.31 bits per heavy atom. The van der Waals surface area contributed by atoms with Gasteiger partial charge in [0.2, 0.25) is 0 Å². The van der Waals surface area contributed by atoms with Gasteiger partial charge in [-0.3, -0.25) is 4.98 Å². The number of hydrogen-bond acceptors (Lipinski definition) is 2. The fraction of sp³-hybridized carbons (Fsp3) is 0.500. The lowest BCUT2D eigenvalue weighted by Gasteiger charge is -2.20. The van der Waals surface area contributed by atoms with Crippen LogP contribution >= 0.6 is 0 Å². The lowest BCUT2D eigenvalue weighted by atomic mass is 9.99. The molecular weight excluding hydrogens is 196 g/mol. The molecule has 1 atom stereocenters. The van der Waals surface area contributed by atoms with Gasteiger partial charge in [-0.15, -0.1) is 6.58 Å². The van der Waals surface area contributed by atoms with Crippen molar-refractivity contribution in [1.29, 1.82) is 0 Å². The molecule has 0 saturated carbocycles. The highest BCUT2D eigenvalue weighted by atomic mass is 14.9. The summed E-state index contributed by atoms with van der Waals surface area (Å²) in [7, 11) is 0. The summed E-state index contributed by atoms with van der Waals surface area (Å²) in [6, 6.07) is 4.51. The van der Waals surface area contributed by atoms with Crippen LogP contribution in [0.1, 0.15) is 44.0 Å². The lowest BCUT2D eigenvalue weighted by Crippen LogP contribution is -2.23. The third-order valence-corrected chi connectivity index (χ3v) is 2.62. The number of nitrogens with zero attached hydrogens (tertiary/aromatic N) is 1. The average Bonchev–Trinajstić information content (AvgIpc) is 2.24. The Bertz CT molecular complexity index is 344. The smallest absolute Gasteiger partial charge is 0.0420 e. The Hall–Kier alpha value is -1.15. The third kappa shape index (κ3) is 3.78. The van der Waals surface area contributed by atoms with E-state index in [1.165, 1.54) is 11.1 Å². The summed E-state index contributed by atoms with van der Waals surface area (Å²) in [4.78, 5) is 4.35. The topological polar surface area (TPSA) is 24.9 Å². The van der Waals surface area contributed by atoms with Crippen molar-refractivity contribution in [3.63, 3.8) is 0 Å². The van der Waals surface area contributed by atoms with Gasteiger partial charge in [0.1, 0.15) is 0 Å². The maximum Gasteiger partial charge on any atom is 0.0420 e. The zero-order chi connectivity index (χ0) is 12.0. The number of aromatic nitrogens is 1. The number of nitrogens with one attached hydrogen (secondary N) is 1. The molecule has 0 saturated heterocycles. The molecule has 1 aromatic rings. The van der Waals surface area contributed by atoms with E-state index >= 15 is 0 Å². The molecule has 0 aliphatic carbocycles. The van der Waals surface area contributed by atoms with E-state index in [1.807, 2.05) is 12.3 Å². The van der Waals surface area contributed by atoms with Crippen molar-refractivity contribution in [1.82, 2.24) is 10.3 Å². The van der Waals surface area contributed by atoms with E-state index < -0.39 is 0 Å². The van der Waals surface area contributed by atoms with E-state index in [1.54, 1.807) is 0 Å². The Morgan fingerprint density at radius 3 is 2.88 bits per heavy atom. The minimum Gasteiger partial charge on any atom is -0.310 e. The summed E-state index contributed by atoms with van der Waals surface area (Å²) in [6.07, 6.45) is 3.97. The largest absolute Gasteiger partial charge is 0.310 e. The highest BCUT2D eigenvalue weighted by Gasteiger charge is 2.13. The van der Waals surface area contributed by atoms with Crippen molar-refractivity contribution < 1.29 is 0 Å². The third-order valence-electron chi connectivity index (χ3n) is 2.62. The van der Waals surface area contributed by atoms with Crippen LogP contribution in [0.2, 0.25) is 0 Å². The van der Waals surface area contributed by atoms with Gasteiger partial charge in [-0.2, -0.15) is 0 Å². The molecule has 2 heteroatoms. The van der Waals surface area contributed by atoms with Gasteiger partial charge in [-0.05, 0) is 44.9 Å². The summed E-state index contributed by atoms with van der Waals surface area (Å²) >= 11 is 0. The molecule has 0 fully saturated rings. The number of pyridine rings is 1.